The smallest absolute Gasteiger partial charge is 0.0684 e. The lowest BCUT2D eigenvalue weighted by Gasteiger charge is -2.08. The van der Waals surface area contributed by atoms with E-state index in [0.29, 0.717) is 6.54 Å². The molecular formula is C12H16N2O. The molecule has 0 fully saturated rings. The number of aliphatic hydroxyl groups is 1. The van der Waals surface area contributed by atoms with Gasteiger partial charge in [-0.2, -0.15) is 0 Å². The van der Waals surface area contributed by atoms with Gasteiger partial charge >= 0.3 is 0 Å². The summed E-state index contributed by atoms with van der Waals surface area (Å²) in [5.41, 5.74) is 2.27. The number of aromatic nitrogens is 1. The first kappa shape index (κ1) is 10.1. The van der Waals surface area contributed by atoms with Gasteiger partial charge in [-0.05, 0) is 31.2 Å². The first-order chi connectivity index (χ1) is 7.16. The minimum atomic E-state index is -0.323. The molecule has 0 aliphatic heterocycles. The molecule has 2 rings (SSSR count). The zero-order valence-electron chi connectivity index (χ0n) is 9.07. The molecule has 15 heavy (non-hydrogen) atoms. The Balaban J connectivity index is 2.23. The van der Waals surface area contributed by atoms with Crippen molar-refractivity contribution in [2.24, 2.45) is 7.05 Å². The summed E-state index contributed by atoms with van der Waals surface area (Å²) >= 11 is 0. The number of rotatable bonds is 3. The van der Waals surface area contributed by atoms with E-state index in [1.54, 1.807) is 6.92 Å². The normalized spacial score (nSPS) is 13.0. The van der Waals surface area contributed by atoms with Crippen molar-refractivity contribution in [3.8, 4) is 0 Å². The number of aliphatic hydroxyl groups excluding tert-OH is 1. The van der Waals surface area contributed by atoms with Gasteiger partial charge in [0.2, 0.25) is 0 Å². The molecule has 0 saturated carbocycles. The van der Waals surface area contributed by atoms with E-state index in [4.69, 9.17) is 5.11 Å². The molecule has 0 aliphatic rings. The highest BCUT2D eigenvalue weighted by molar-refractivity contribution is 5.83. The van der Waals surface area contributed by atoms with Gasteiger partial charge in [-0.25, -0.2) is 0 Å². The molecule has 3 heteroatoms. The second-order valence-electron chi connectivity index (χ2n) is 3.93. The summed E-state index contributed by atoms with van der Waals surface area (Å²) in [4.78, 5) is 0. The molecule has 0 aliphatic carbocycles. The fourth-order valence-corrected chi connectivity index (χ4v) is 1.66. The summed E-state index contributed by atoms with van der Waals surface area (Å²) in [6, 6.07) is 8.30. The lowest BCUT2D eigenvalue weighted by atomic mass is 10.2. The second kappa shape index (κ2) is 3.95. The number of aryl methyl sites for hydroxylation is 1. The minimum absolute atomic E-state index is 0.323. The molecule has 0 bridgehead atoms. The topological polar surface area (TPSA) is 37.2 Å². The standard InChI is InChI=1S/C12H16N2O/c1-9(15)8-13-11-3-4-12-10(7-11)5-6-14(12)2/h3-7,9,13,15H,8H2,1-2H3. The van der Waals surface area contributed by atoms with E-state index in [2.05, 4.69) is 28.1 Å². The fraction of sp³-hybridized carbons (Fsp3) is 0.333. The first-order valence-electron chi connectivity index (χ1n) is 5.14. The molecule has 0 radical (unpaired) electrons. The summed E-state index contributed by atoms with van der Waals surface area (Å²) in [5, 5.41) is 13.6. The van der Waals surface area contributed by atoms with E-state index < -0.39 is 0 Å². The van der Waals surface area contributed by atoms with E-state index >= 15 is 0 Å². The van der Waals surface area contributed by atoms with Crippen LogP contribution < -0.4 is 5.32 Å². The molecule has 1 aromatic heterocycles. The van der Waals surface area contributed by atoms with Gasteiger partial charge in [0.1, 0.15) is 0 Å². The predicted octanol–water partition coefficient (Wildman–Crippen LogP) is 1.97. The maximum atomic E-state index is 9.16. The Labute approximate surface area is 89.3 Å². The Kier molecular flexibility index (Phi) is 2.64. The monoisotopic (exact) mass is 204 g/mol. The van der Waals surface area contributed by atoms with Crippen molar-refractivity contribution < 1.29 is 5.11 Å². The third-order valence-corrected chi connectivity index (χ3v) is 2.49. The number of hydrogen-bond donors (Lipinski definition) is 2. The lowest BCUT2D eigenvalue weighted by molar-refractivity contribution is 0.208. The van der Waals surface area contributed by atoms with Crippen LogP contribution in [0.3, 0.4) is 0 Å². The molecule has 1 atom stereocenters. The van der Waals surface area contributed by atoms with Crippen LogP contribution in [0.2, 0.25) is 0 Å². The summed E-state index contributed by atoms with van der Waals surface area (Å²) in [5.74, 6) is 0. The minimum Gasteiger partial charge on any atom is -0.392 e. The molecule has 80 valence electrons. The number of nitrogens with zero attached hydrogens (tertiary/aromatic N) is 1. The lowest BCUT2D eigenvalue weighted by Crippen LogP contribution is -2.15. The fourth-order valence-electron chi connectivity index (χ4n) is 1.66. The average Bonchev–Trinajstić information content (AvgIpc) is 2.57. The molecular weight excluding hydrogens is 188 g/mol. The van der Waals surface area contributed by atoms with E-state index in [1.807, 2.05) is 19.3 Å². The van der Waals surface area contributed by atoms with Crippen LogP contribution in [0.1, 0.15) is 6.92 Å². The molecule has 2 aromatic rings. The van der Waals surface area contributed by atoms with Crippen molar-refractivity contribution in [1.29, 1.82) is 0 Å². The first-order valence-corrected chi connectivity index (χ1v) is 5.14. The van der Waals surface area contributed by atoms with Gasteiger partial charge in [0.15, 0.2) is 0 Å². The van der Waals surface area contributed by atoms with Crippen molar-refractivity contribution in [2.45, 2.75) is 13.0 Å². The van der Waals surface area contributed by atoms with E-state index in [-0.39, 0.29) is 6.10 Å². The highest BCUT2D eigenvalue weighted by Gasteiger charge is 2.00. The van der Waals surface area contributed by atoms with Crippen molar-refractivity contribution in [2.75, 3.05) is 11.9 Å². The van der Waals surface area contributed by atoms with Gasteiger partial charge in [0.05, 0.1) is 6.10 Å². The van der Waals surface area contributed by atoms with E-state index in [1.165, 1.54) is 10.9 Å². The highest BCUT2D eigenvalue weighted by atomic mass is 16.3. The second-order valence-corrected chi connectivity index (χ2v) is 3.93. The van der Waals surface area contributed by atoms with Gasteiger partial charge < -0.3 is 15.0 Å². The van der Waals surface area contributed by atoms with E-state index in [0.717, 1.165) is 5.69 Å². The Morgan fingerprint density at radius 1 is 1.40 bits per heavy atom. The summed E-state index contributed by atoms with van der Waals surface area (Å²) in [6.07, 6.45) is 1.72. The molecule has 1 heterocycles. The van der Waals surface area contributed by atoms with Crippen LogP contribution in [0.5, 0.6) is 0 Å². The van der Waals surface area contributed by atoms with Crippen LogP contribution in [0, 0.1) is 0 Å². The number of nitrogens with one attached hydrogen (secondary N) is 1. The van der Waals surface area contributed by atoms with Crippen LogP contribution in [-0.4, -0.2) is 22.3 Å². The molecule has 1 aromatic carbocycles. The van der Waals surface area contributed by atoms with Crippen LogP contribution in [0.4, 0.5) is 5.69 Å². The summed E-state index contributed by atoms with van der Waals surface area (Å²) in [7, 11) is 2.03. The van der Waals surface area contributed by atoms with E-state index in [9.17, 15) is 0 Å². The number of benzene rings is 1. The van der Waals surface area contributed by atoms with Crippen molar-refractivity contribution in [3.63, 3.8) is 0 Å². The Bertz CT molecular complexity index is 460. The van der Waals surface area contributed by atoms with Gasteiger partial charge in [-0.3, -0.25) is 0 Å². The highest BCUT2D eigenvalue weighted by Crippen LogP contribution is 2.19. The van der Waals surface area contributed by atoms with Gasteiger partial charge in [0, 0.05) is 36.4 Å². The van der Waals surface area contributed by atoms with Crippen LogP contribution in [0.15, 0.2) is 30.5 Å². The zero-order chi connectivity index (χ0) is 10.8. The molecule has 1 unspecified atom stereocenters. The van der Waals surface area contributed by atoms with Gasteiger partial charge in [-0.1, -0.05) is 0 Å². The largest absolute Gasteiger partial charge is 0.392 e. The maximum absolute atomic E-state index is 9.16. The number of fused-ring (bicyclic) bond motifs is 1. The Morgan fingerprint density at radius 2 is 2.20 bits per heavy atom. The quantitative estimate of drug-likeness (QED) is 0.802. The van der Waals surface area contributed by atoms with Crippen LogP contribution >= 0.6 is 0 Å². The summed E-state index contributed by atoms with van der Waals surface area (Å²) in [6.45, 7) is 2.35. The number of hydrogen-bond acceptors (Lipinski definition) is 2. The third-order valence-electron chi connectivity index (χ3n) is 2.49. The predicted molar refractivity (Wildman–Crippen MR) is 63.1 cm³/mol. The van der Waals surface area contributed by atoms with Crippen molar-refractivity contribution >= 4 is 16.6 Å². The van der Waals surface area contributed by atoms with Crippen LogP contribution in [0.25, 0.3) is 10.9 Å². The Morgan fingerprint density at radius 3 is 2.93 bits per heavy atom. The number of anilines is 1. The molecule has 2 N–H and O–H groups in total. The van der Waals surface area contributed by atoms with Gasteiger partial charge in [-0.15, -0.1) is 0 Å². The maximum Gasteiger partial charge on any atom is 0.0684 e. The molecule has 0 amide bonds. The van der Waals surface area contributed by atoms with Crippen molar-refractivity contribution in [1.82, 2.24) is 4.57 Å². The zero-order valence-corrected chi connectivity index (χ0v) is 9.07. The Hall–Kier alpha value is -1.48. The average molecular weight is 204 g/mol. The molecule has 0 spiro atoms. The summed E-state index contributed by atoms with van der Waals surface area (Å²) < 4.78 is 2.09. The molecule has 0 saturated heterocycles. The third kappa shape index (κ3) is 2.13. The van der Waals surface area contributed by atoms with Crippen molar-refractivity contribution in [3.05, 3.63) is 30.5 Å². The SMILES string of the molecule is CC(O)CNc1ccc2c(ccn2C)c1. The van der Waals surface area contributed by atoms with Crippen LogP contribution in [-0.2, 0) is 7.05 Å². The molecule has 3 nitrogen and oxygen atoms in total. The van der Waals surface area contributed by atoms with Gasteiger partial charge in [0.25, 0.3) is 0 Å².